The number of nitrogens with one attached hydrogen (secondary N) is 2. The molecule has 1 atom stereocenters. The first-order valence-corrected chi connectivity index (χ1v) is 9.77. The molecule has 1 aliphatic heterocycles. The van der Waals surface area contributed by atoms with Crippen LogP contribution in [-0.4, -0.2) is 18.6 Å². The summed E-state index contributed by atoms with van der Waals surface area (Å²) in [5.41, 5.74) is 4.10. The lowest BCUT2D eigenvalue weighted by molar-refractivity contribution is -0.139. The maximum absolute atomic E-state index is 12.5. The smallest absolute Gasteiger partial charge is 0.338 e. The van der Waals surface area contributed by atoms with Gasteiger partial charge in [-0.3, -0.25) is 0 Å². The predicted octanol–water partition coefficient (Wildman–Crippen LogP) is 4.16. The van der Waals surface area contributed by atoms with E-state index in [2.05, 4.69) is 22.8 Å². The number of hydrogen-bond donors (Lipinski definition) is 2. The Morgan fingerprint density at radius 3 is 2.34 bits per heavy atom. The van der Waals surface area contributed by atoms with Crippen LogP contribution in [0.3, 0.4) is 0 Å². The normalized spacial score (nSPS) is 16.1. The Kier molecular flexibility index (Phi) is 6.54. The standard InChI is InChI=1S/C23H26N2O4/c1-4-19-20(22(26)28-5-2)21(25-23(27)24-19)17-10-12-18(13-11-17)29-14-16-8-6-15(3)7-9-16/h6-13,21H,4-5,14H2,1-3H3,(H2,24,25,27). The molecule has 0 radical (unpaired) electrons. The lowest BCUT2D eigenvalue weighted by atomic mass is 9.94. The number of amides is 2. The largest absolute Gasteiger partial charge is 0.489 e. The highest BCUT2D eigenvalue weighted by Crippen LogP contribution is 2.30. The zero-order valence-corrected chi connectivity index (χ0v) is 17.0. The first-order valence-electron chi connectivity index (χ1n) is 9.77. The zero-order valence-electron chi connectivity index (χ0n) is 17.0. The molecule has 0 saturated heterocycles. The summed E-state index contributed by atoms with van der Waals surface area (Å²) in [6.45, 7) is 6.43. The summed E-state index contributed by atoms with van der Waals surface area (Å²) in [7, 11) is 0. The molecule has 0 aromatic heterocycles. The van der Waals surface area contributed by atoms with E-state index in [1.165, 1.54) is 5.56 Å². The molecule has 0 fully saturated rings. The minimum atomic E-state index is -0.566. The van der Waals surface area contributed by atoms with E-state index in [1.54, 1.807) is 6.92 Å². The Morgan fingerprint density at radius 1 is 1.03 bits per heavy atom. The molecule has 2 N–H and O–H groups in total. The average Bonchev–Trinajstić information content (AvgIpc) is 2.73. The Labute approximate surface area is 170 Å². The molecule has 0 spiro atoms. The van der Waals surface area contributed by atoms with Crippen LogP contribution < -0.4 is 15.4 Å². The zero-order chi connectivity index (χ0) is 20.8. The van der Waals surface area contributed by atoms with Gasteiger partial charge >= 0.3 is 12.0 Å². The van der Waals surface area contributed by atoms with Crippen molar-refractivity contribution in [3.8, 4) is 5.75 Å². The van der Waals surface area contributed by atoms with Crippen LogP contribution in [0.4, 0.5) is 4.79 Å². The number of esters is 1. The minimum absolute atomic E-state index is 0.270. The number of urea groups is 1. The fourth-order valence-corrected chi connectivity index (χ4v) is 3.20. The lowest BCUT2D eigenvalue weighted by Crippen LogP contribution is -2.45. The topological polar surface area (TPSA) is 76.7 Å². The van der Waals surface area contributed by atoms with Crippen molar-refractivity contribution in [1.82, 2.24) is 10.6 Å². The van der Waals surface area contributed by atoms with Crippen LogP contribution in [0, 0.1) is 6.92 Å². The number of hydrogen-bond acceptors (Lipinski definition) is 4. The van der Waals surface area contributed by atoms with Crippen molar-refractivity contribution >= 4 is 12.0 Å². The summed E-state index contributed by atoms with van der Waals surface area (Å²) in [5.74, 6) is 0.286. The highest BCUT2D eigenvalue weighted by atomic mass is 16.5. The van der Waals surface area contributed by atoms with Crippen molar-refractivity contribution in [2.45, 2.75) is 39.8 Å². The van der Waals surface area contributed by atoms with Gasteiger partial charge in [0, 0.05) is 5.70 Å². The molecule has 152 valence electrons. The molecule has 1 unspecified atom stereocenters. The number of allylic oxidation sites excluding steroid dienone is 1. The monoisotopic (exact) mass is 394 g/mol. The van der Waals surface area contributed by atoms with Crippen molar-refractivity contribution in [3.05, 3.63) is 76.5 Å². The molecule has 2 aromatic rings. The molecule has 1 heterocycles. The molecule has 0 bridgehead atoms. The van der Waals surface area contributed by atoms with Gasteiger partial charge in [-0.05, 0) is 43.5 Å². The quantitative estimate of drug-likeness (QED) is 0.692. The highest BCUT2D eigenvalue weighted by Gasteiger charge is 2.32. The van der Waals surface area contributed by atoms with Gasteiger partial charge < -0.3 is 20.1 Å². The molecular formula is C23H26N2O4. The van der Waals surface area contributed by atoms with Crippen molar-refractivity contribution in [3.63, 3.8) is 0 Å². The minimum Gasteiger partial charge on any atom is -0.489 e. The first kappa shape index (κ1) is 20.5. The summed E-state index contributed by atoms with van der Waals surface area (Å²) < 4.78 is 11.1. The lowest BCUT2D eigenvalue weighted by Gasteiger charge is -2.29. The van der Waals surface area contributed by atoms with Crippen LogP contribution in [-0.2, 0) is 16.1 Å². The number of ether oxygens (including phenoxy) is 2. The SMILES string of the molecule is CCOC(=O)C1=C(CC)NC(=O)NC1c1ccc(OCc2ccc(C)cc2)cc1. The van der Waals surface area contributed by atoms with Crippen molar-refractivity contribution in [1.29, 1.82) is 0 Å². The average molecular weight is 394 g/mol. The van der Waals surface area contributed by atoms with E-state index in [-0.39, 0.29) is 12.6 Å². The Bertz CT molecular complexity index is 901. The summed E-state index contributed by atoms with van der Waals surface area (Å²) >= 11 is 0. The van der Waals surface area contributed by atoms with Gasteiger partial charge in [0.2, 0.25) is 0 Å². The second-order valence-electron chi connectivity index (χ2n) is 6.84. The number of aryl methyl sites for hydroxylation is 1. The van der Waals surface area contributed by atoms with Gasteiger partial charge in [-0.1, -0.05) is 48.9 Å². The number of carbonyl (C=O) groups excluding carboxylic acids is 2. The number of carbonyl (C=O) groups is 2. The van der Waals surface area contributed by atoms with E-state index in [0.29, 0.717) is 30.0 Å². The highest BCUT2D eigenvalue weighted by molar-refractivity contribution is 5.95. The third-order valence-corrected chi connectivity index (χ3v) is 4.74. The van der Waals surface area contributed by atoms with Crippen molar-refractivity contribution in [2.24, 2.45) is 0 Å². The van der Waals surface area contributed by atoms with Gasteiger partial charge in [-0.2, -0.15) is 0 Å². The van der Waals surface area contributed by atoms with E-state index in [4.69, 9.17) is 9.47 Å². The molecule has 2 amide bonds. The predicted molar refractivity (Wildman–Crippen MR) is 110 cm³/mol. The van der Waals surface area contributed by atoms with Gasteiger partial charge in [0.1, 0.15) is 12.4 Å². The molecule has 1 aliphatic rings. The molecular weight excluding hydrogens is 368 g/mol. The van der Waals surface area contributed by atoms with Crippen LogP contribution in [0.25, 0.3) is 0 Å². The Morgan fingerprint density at radius 2 is 1.72 bits per heavy atom. The molecule has 6 heteroatoms. The van der Waals surface area contributed by atoms with Crippen LogP contribution in [0.5, 0.6) is 5.75 Å². The molecule has 0 aliphatic carbocycles. The van der Waals surface area contributed by atoms with E-state index in [9.17, 15) is 9.59 Å². The molecule has 0 saturated carbocycles. The van der Waals surface area contributed by atoms with Crippen molar-refractivity contribution < 1.29 is 19.1 Å². The molecule has 6 nitrogen and oxygen atoms in total. The van der Waals surface area contributed by atoms with Crippen LogP contribution in [0.15, 0.2) is 59.8 Å². The number of rotatable bonds is 7. The van der Waals surface area contributed by atoms with Gasteiger partial charge in [-0.15, -0.1) is 0 Å². The third kappa shape index (κ3) is 4.96. The van der Waals surface area contributed by atoms with Crippen LogP contribution in [0.1, 0.15) is 43.0 Å². The third-order valence-electron chi connectivity index (χ3n) is 4.74. The Hall–Kier alpha value is -3.28. The van der Waals surface area contributed by atoms with Crippen LogP contribution in [0.2, 0.25) is 0 Å². The van der Waals surface area contributed by atoms with E-state index in [1.807, 2.05) is 50.2 Å². The van der Waals surface area contributed by atoms with Crippen LogP contribution >= 0.6 is 0 Å². The fourth-order valence-electron chi connectivity index (χ4n) is 3.20. The van der Waals surface area contributed by atoms with Gasteiger partial charge in [0.05, 0.1) is 18.2 Å². The number of benzene rings is 2. The van der Waals surface area contributed by atoms with Gasteiger partial charge in [0.25, 0.3) is 0 Å². The summed E-state index contributed by atoms with van der Waals surface area (Å²) in [6.07, 6.45) is 0.524. The summed E-state index contributed by atoms with van der Waals surface area (Å²) in [5, 5.41) is 5.53. The van der Waals surface area contributed by atoms with Gasteiger partial charge in [-0.25, -0.2) is 9.59 Å². The molecule has 29 heavy (non-hydrogen) atoms. The second-order valence-corrected chi connectivity index (χ2v) is 6.84. The summed E-state index contributed by atoms with van der Waals surface area (Å²) in [4.78, 5) is 24.6. The maximum Gasteiger partial charge on any atom is 0.338 e. The Balaban J connectivity index is 1.78. The fraction of sp³-hybridized carbons (Fsp3) is 0.304. The molecule has 2 aromatic carbocycles. The van der Waals surface area contributed by atoms with E-state index < -0.39 is 12.0 Å². The second kappa shape index (κ2) is 9.28. The van der Waals surface area contributed by atoms with E-state index >= 15 is 0 Å². The molecule has 3 rings (SSSR count). The first-order chi connectivity index (χ1) is 14.0. The van der Waals surface area contributed by atoms with Crippen molar-refractivity contribution in [2.75, 3.05) is 6.61 Å². The van der Waals surface area contributed by atoms with E-state index in [0.717, 1.165) is 11.1 Å². The maximum atomic E-state index is 12.5. The van der Waals surface area contributed by atoms with Gasteiger partial charge in [0.15, 0.2) is 0 Å². The summed E-state index contributed by atoms with van der Waals surface area (Å²) in [6, 6.07) is 14.7.